The molecule has 4 rings (SSSR count). The third-order valence-electron chi connectivity index (χ3n) is 5.34. The molecule has 172 valence electrons. The quantitative estimate of drug-likeness (QED) is 0.500. The molecule has 0 aliphatic carbocycles. The second-order valence-corrected chi connectivity index (χ2v) is 7.71. The Bertz CT molecular complexity index is 1180. The lowest BCUT2D eigenvalue weighted by Gasteiger charge is -2.28. The molecule has 33 heavy (non-hydrogen) atoms. The van der Waals surface area contributed by atoms with Gasteiger partial charge in [0.1, 0.15) is 18.2 Å². The minimum absolute atomic E-state index is 0.264. The first-order chi connectivity index (χ1) is 15.9. The van der Waals surface area contributed by atoms with Gasteiger partial charge in [-0.15, -0.1) is 0 Å². The summed E-state index contributed by atoms with van der Waals surface area (Å²) in [6.07, 6.45) is 1.65. The number of aliphatic carboxylic acids is 1. The number of aromatic nitrogens is 2. The number of carbonyl (C=O) groups excluding carboxylic acids is 1. The number of halogens is 1. The molecule has 0 radical (unpaired) electrons. The lowest BCUT2D eigenvalue weighted by Crippen LogP contribution is -2.36. The average Bonchev–Trinajstić information content (AvgIpc) is 2.82. The van der Waals surface area contributed by atoms with E-state index in [1.54, 1.807) is 30.5 Å². The summed E-state index contributed by atoms with van der Waals surface area (Å²) >= 11 is 0. The molecule has 9 nitrogen and oxygen atoms in total. The zero-order chi connectivity index (χ0) is 23.4. The maximum Gasteiger partial charge on any atom is 0.322 e. The molecule has 1 aliphatic heterocycles. The number of carbonyl (C=O) groups is 2. The van der Waals surface area contributed by atoms with Crippen LogP contribution in [0.2, 0.25) is 0 Å². The average molecular weight is 453 g/mol. The van der Waals surface area contributed by atoms with E-state index >= 15 is 0 Å². The lowest BCUT2D eigenvalue weighted by atomic mass is 10.0. The molecule has 1 unspecified atom stereocenters. The number of hydrogen-bond acceptors (Lipinski definition) is 7. The molecular weight excluding hydrogens is 429 g/mol. The van der Waals surface area contributed by atoms with Gasteiger partial charge in [-0.25, -0.2) is 9.37 Å². The van der Waals surface area contributed by atoms with Crippen LogP contribution in [0.4, 0.5) is 15.9 Å². The van der Waals surface area contributed by atoms with Crippen LogP contribution in [0, 0.1) is 5.82 Å². The minimum atomic E-state index is -1.14. The topological polar surface area (TPSA) is 117 Å². The summed E-state index contributed by atoms with van der Waals surface area (Å²) in [4.78, 5) is 34.9. The van der Waals surface area contributed by atoms with Gasteiger partial charge in [0.2, 0.25) is 0 Å². The Kier molecular flexibility index (Phi) is 6.64. The first-order valence-electron chi connectivity index (χ1n) is 10.6. The van der Waals surface area contributed by atoms with Crippen molar-refractivity contribution in [2.24, 2.45) is 0 Å². The van der Waals surface area contributed by atoms with Crippen molar-refractivity contribution in [3.8, 4) is 0 Å². The predicted octanol–water partition coefficient (Wildman–Crippen LogP) is 2.59. The van der Waals surface area contributed by atoms with Crippen molar-refractivity contribution in [3.63, 3.8) is 0 Å². The first-order valence-corrected chi connectivity index (χ1v) is 10.6. The second kappa shape index (κ2) is 9.78. The van der Waals surface area contributed by atoms with Crippen LogP contribution in [-0.4, -0.2) is 59.8 Å². The number of hydrogen-bond donors (Lipinski definition) is 3. The maximum absolute atomic E-state index is 13.7. The Labute approximate surface area is 189 Å². The Balaban J connectivity index is 1.74. The molecule has 2 heterocycles. The Morgan fingerprint density at radius 2 is 2.03 bits per heavy atom. The van der Waals surface area contributed by atoms with Crippen LogP contribution in [0.1, 0.15) is 28.9 Å². The molecule has 1 fully saturated rings. The number of nitrogens with one attached hydrogen (secondary N) is 2. The van der Waals surface area contributed by atoms with Crippen molar-refractivity contribution in [1.29, 1.82) is 0 Å². The van der Waals surface area contributed by atoms with Crippen LogP contribution in [0.5, 0.6) is 0 Å². The monoisotopic (exact) mass is 453 g/mol. The molecule has 1 atom stereocenters. The highest BCUT2D eigenvalue weighted by Crippen LogP contribution is 2.28. The second-order valence-electron chi connectivity index (χ2n) is 7.71. The van der Waals surface area contributed by atoms with Gasteiger partial charge >= 0.3 is 5.97 Å². The number of benzene rings is 2. The largest absolute Gasteiger partial charge is 0.480 e. The van der Waals surface area contributed by atoms with Gasteiger partial charge < -0.3 is 25.4 Å². The summed E-state index contributed by atoms with van der Waals surface area (Å²) in [6.45, 7) is 3.98. The van der Waals surface area contributed by atoms with E-state index in [2.05, 4.69) is 20.5 Å². The molecule has 1 saturated heterocycles. The number of fused-ring (bicyclic) bond motifs is 1. The lowest BCUT2D eigenvalue weighted by molar-refractivity contribution is -0.135. The zero-order valence-electron chi connectivity index (χ0n) is 18.0. The van der Waals surface area contributed by atoms with Crippen LogP contribution in [0.3, 0.4) is 0 Å². The van der Waals surface area contributed by atoms with Crippen LogP contribution in [0.25, 0.3) is 11.0 Å². The normalized spacial score (nSPS) is 14.7. The van der Waals surface area contributed by atoms with E-state index in [-0.39, 0.29) is 17.4 Å². The number of anilines is 2. The standard InChI is InChI=1S/C23H24FN5O4/c1-14(27-17-4-2-3-16(24)11-17)18-9-15(23(32)26-13-21(30)31)10-19-22(18)28-20(12-25-19)29-5-7-33-8-6-29/h2-4,9-12,14,27H,5-8,13H2,1H3,(H,26,32)(H,30,31). The molecule has 0 spiro atoms. The van der Waals surface area contributed by atoms with E-state index in [0.29, 0.717) is 54.4 Å². The van der Waals surface area contributed by atoms with Crippen molar-refractivity contribution in [2.45, 2.75) is 13.0 Å². The summed E-state index contributed by atoms with van der Waals surface area (Å²) in [5, 5.41) is 14.5. The molecular formula is C23H24FN5O4. The summed E-state index contributed by atoms with van der Waals surface area (Å²) in [5.74, 6) is -1.33. The molecule has 1 aliphatic rings. The molecule has 0 saturated carbocycles. The Hall–Kier alpha value is -3.79. The summed E-state index contributed by atoms with van der Waals surface area (Å²) < 4.78 is 19.1. The number of ether oxygens (including phenoxy) is 1. The van der Waals surface area contributed by atoms with Crippen LogP contribution in [-0.2, 0) is 9.53 Å². The minimum Gasteiger partial charge on any atom is -0.480 e. The fraction of sp³-hybridized carbons (Fsp3) is 0.304. The fourth-order valence-electron chi connectivity index (χ4n) is 3.70. The molecule has 1 amide bonds. The molecule has 0 bridgehead atoms. The van der Waals surface area contributed by atoms with Crippen LogP contribution < -0.4 is 15.5 Å². The molecule has 3 N–H and O–H groups in total. The highest BCUT2D eigenvalue weighted by molar-refractivity contribution is 5.99. The van der Waals surface area contributed by atoms with Crippen LogP contribution >= 0.6 is 0 Å². The number of rotatable bonds is 7. The van der Waals surface area contributed by atoms with Gasteiger partial charge in [-0.2, -0.15) is 0 Å². The van der Waals surface area contributed by atoms with Gasteiger partial charge in [0.05, 0.1) is 36.5 Å². The van der Waals surface area contributed by atoms with E-state index in [1.807, 2.05) is 6.92 Å². The summed E-state index contributed by atoms with van der Waals surface area (Å²) in [6, 6.07) is 8.99. The van der Waals surface area contributed by atoms with E-state index in [4.69, 9.17) is 14.8 Å². The zero-order valence-corrected chi connectivity index (χ0v) is 18.0. The molecule has 10 heteroatoms. The van der Waals surface area contributed by atoms with Crippen molar-refractivity contribution < 1.29 is 23.8 Å². The van der Waals surface area contributed by atoms with Gasteiger partial charge in [-0.3, -0.25) is 14.6 Å². The number of nitrogens with zero attached hydrogens (tertiary/aromatic N) is 3. The van der Waals surface area contributed by atoms with Gasteiger partial charge in [-0.1, -0.05) is 6.07 Å². The molecule has 2 aromatic carbocycles. The maximum atomic E-state index is 13.7. The first kappa shape index (κ1) is 22.4. The van der Waals surface area contributed by atoms with Gasteiger partial charge in [0.15, 0.2) is 0 Å². The van der Waals surface area contributed by atoms with Crippen molar-refractivity contribution >= 4 is 34.4 Å². The van der Waals surface area contributed by atoms with Gasteiger partial charge in [0, 0.05) is 29.9 Å². The third kappa shape index (κ3) is 5.35. The van der Waals surface area contributed by atoms with Crippen molar-refractivity contribution in [1.82, 2.24) is 15.3 Å². The number of carboxylic acids is 1. The van der Waals surface area contributed by atoms with Gasteiger partial charge in [-0.05, 0) is 37.3 Å². The predicted molar refractivity (Wildman–Crippen MR) is 121 cm³/mol. The Morgan fingerprint density at radius 1 is 1.24 bits per heavy atom. The van der Waals surface area contributed by atoms with E-state index in [9.17, 15) is 14.0 Å². The van der Waals surface area contributed by atoms with E-state index in [0.717, 1.165) is 0 Å². The number of carboxylic acid groups (broad SMARTS) is 1. The number of morpholine rings is 1. The SMILES string of the molecule is CC(Nc1cccc(F)c1)c1cc(C(=O)NCC(=O)O)cc2ncc(N3CCOCC3)nc12. The van der Waals surface area contributed by atoms with Crippen molar-refractivity contribution in [3.05, 3.63) is 59.5 Å². The number of amides is 1. The molecule has 1 aromatic heterocycles. The highest BCUT2D eigenvalue weighted by Gasteiger charge is 2.20. The van der Waals surface area contributed by atoms with Gasteiger partial charge in [0.25, 0.3) is 5.91 Å². The fourth-order valence-corrected chi connectivity index (χ4v) is 3.70. The highest BCUT2D eigenvalue weighted by atomic mass is 19.1. The van der Waals surface area contributed by atoms with E-state index < -0.39 is 18.4 Å². The third-order valence-corrected chi connectivity index (χ3v) is 5.34. The van der Waals surface area contributed by atoms with E-state index in [1.165, 1.54) is 12.1 Å². The smallest absolute Gasteiger partial charge is 0.322 e. The van der Waals surface area contributed by atoms with Crippen LogP contribution in [0.15, 0.2) is 42.6 Å². The molecule has 3 aromatic rings. The Morgan fingerprint density at radius 3 is 2.76 bits per heavy atom. The summed E-state index contributed by atoms with van der Waals surface area (Å²) in [7, 11) is 0. The summed E-state index contributed by atoms with van der Waals surface area (Å²) in [5.41, 5.74) is 2.62. The van der Waals surface area contributed by atoms with Crippen molar-refractivity contribution in [2.75, 3.05) is 43.1 Å².